The minimum Gasteiger partial charge on any atom is -0.493 e. The molecule has 0 atom stereocenters. The number of rotatable bonds is 8. The summed E-state index contributed by atoms with van der Waals surface area (Å²) in [6.45, 7) is 4.48. The fraction of sp³-hybridized carbons (Fsp3) is 0.348. The summed E-state index contributed by atoms with van der Waals surface area (Å²) in [5.41, 5.74) is 2.72. The van der Waals surface area contributed by atoms with E-state index in [9.17, 15) is 0 Å². The van der Waals surface area contributed by atoms with E-state index in [1.165, 1.54) is 38.9 Å². The minimum absolute atomic E-state index is 0.608. The van der Waals surface area contributed by atoms with Crippen LogP contribution in [-0.2, 0) is 0 Å². The second-order valence-corrected chi connectivity index (χ2v) is 7.00. The smallest absolute Gasteiger partial charge is 0.220 e. The molecule has 0 bridgehead atoms. The Bertz CT molecular complexity index is 861. The van der Waals surface area contributed by atoms with Crippen molar-refractivity contribution in [2.75, 3.05) is 26.2 Å². The van der Waals surface area contributed by atoms with Crippen LogP contribution in [0.1, 0.15) is 37.1 Å². The molecule has 4 rings (SSSR count). The van der Waals surface area contributed by atoms with Crippen molar-refractivity contribution in [1.29, 1.82) is 0 Å². The molecule has 0 N–H and O–H groups in total. The van der Waals surface area contributed by atoms with Gasteiger partial charge >= 0.3 is 0 Å². The molecule has 2 heterocycles. The Labute approximate surface area is 160 Å². The van der Waals surface area contributed by atoms with Gasteiger partial charge in [-0.15, -0.1) is 0 Å². The topological polar surface area (TPSA) is 38.5 Å². The first kappa shape index (κ1) is 17.8. The molecule has 1 aliphatic rings. The lowest BCUT2D eigenvalue weighted by molar-refractivity contribution is 0.279. The number of aromatic nitrogens is 1. The van der Waals surface area contributed by atoms with E-state index in [1.807, 2.05) is 54.6 Å². The van der Waals surface area contributed by atoms with Crippen molar-refractivity contribution in [3.63, 3.8) is 0 Å². The van der Waals surface area contributed by atoms with Crippen molar-refractivity contribution in [2.24, 2.45) is 0 Å². The molecule has 0 unspecified atom stereocenters. The third-order valence-corrected chi connectivity index (χ3v) is 4.96. The first-order chi connectivity index (χ1) is 13.4. The Hall–Kier alpha value is -2.59. The number of hydrogen-bond donors (Lipinski definition) is 0. The Morgan fingerprint density at radius 2 is 1.78 bits per heavy atom. The van der Waals surface area contributed by atoms with Gasteiger partial charge in [-0.25, -0.2) is 4.98 Å². The van der Waals surface area contributed by atoms with Gasteiger partial charge in [-0.05, 0) is 69.6 Å². The van der Waals surface area contributed by atoms with E-state index in [0.717, 1.165) is 35.4 Å². The van der Waals surface area contributed by atoms with Crippen LogP contribution >= 0.6 is 0 Å². The highest BCUT2D eigenvalue weighted by Gasteiger charge is 2.10. The number of ether oxygens (including phenoxy) is 1. The third kappa shape index (κ3) is 4.77. The zero-order valence-corrected chi connectivity index (χ0v) is 15.6. The number of likely N-dealkylation sites (tertiary alicyclic amines) is 1. The predicted molar refractivity (Wildman–Crippen MR) is 110 cm³/mol. The van der Waals surface area contributed by atoms with Crippen LogP contribution in [0.3, 0.4) is 0 Å². The number of hydrogen-bond acceptors (Lipinski definition) is 4. The van der Waals surface area contributed by atoms with Crippen LogP contribution in [-0.4, -0.2) is 36.1 Å². The molecule has 1 aliphatic heterocycles. The summed E-state index contributed by atoms with van der Waals surface area (Å²) < 4.78 is 11.8. The number of fused-ring (bicyclic) bond motifs is 1. The monoisotopic (exact) mass is 362 g/mol. The van der Waals surface area contributed by atoms with Gasteiger partial charge < -0.3 is 14.1 Å². The second kappa shape index (κ2) is 8.87. The van der Waals surface area contributed by atoms with Gasteiger partial charge in [0.05, 0.1) is 6.61 Å². The maximum Gasteiger partial charge on any atom is 0.220 e. The van der Waals surface area contributed by atoms with Gasteiger partial charge in [0.25, 0.3) is 0 Å². The zero-order valence-electron chi connectivity index (χ0n) is 15.6. The number of oxazole rings is 1. The van der Waals surface area contributed by atoms with Gasteiger partial charge in [0.2, 0.25) is 5.89 Å². The summed E-state index contributed by atoms with van der Waals surface area (Å²) >= 11 is 0. The molecule has 1 fully saturated rings. The zero-order chi connectivity index (χ0) is 18.3. The SMILES string of the molecule is C(=C\c1ccccc1OCCCCN1CCCC1)/c1nc2ccccc2o1. The van der Waals surface area contributed by atoms with Gasteiger partial charge in [0.1, 0.15) is 11.3 Å². The summed E-state index contributed by atoms with van der Waals surface area (Å²) in [6.07, 6.45) is 8.90. The van der Waals surface area contributed by atoms with Gasteiger partial charge in [0, 0.05) is 11.6 Å². The lowest BCUT2D eigenvalue weighted by Crippen LogP contribution is -2.20. The van der Waals surface area contributed by atoms with Gasteiger partial charge in [-0.1, -0.05) is 30.3 Å². The van der Waals surface area contributed by atoms with E-state index in [2.05, 4.69) is 16.0 Å². The largest absolute Gasteiger partial charge is 0.493 e. The third-order valence-electron chi connectivity index (χ3n) is 4.96. The highest BCUT2D eigenvalue weighted by atomic mass is 16.5. The summed E-state index contributed by atoms with van der Waals surface area (Å²) in [7, 11) is 0. The van der Waals surface area contributed by atoms with E-state index < -0.39 is 0 Å². The summed E-state index contributed by atoms with van der Waals surface area (Å²) in [5.74, 6) is 1.52. The molecule has 0 saturated carbocycles. The molecule has 3 aromatic rings. The van der Waals surface area contributed by atoms with E-state index in [4.69, 9.17) is 9.15 Å². The lowest BCUT2D eigenvalue weighted by atomic mass is 10.2. The molecule has 140 valence electrons. The molecule has 27 heavy (non-hydrogen) atoms. The maximum absolute atomic E-state index is 6.03. The Kier molecular flexibility index (Phi) is 5.85. The van der Waals surface area contributed by atoms with Crippen molar-refractivity contribution in [2.45, 2.75) is 25.7 Å². The molecule has 0 spiro atoms. The van der Waals surface area contributed by atoms with E-state index in [1.54, 1.807) is 0 Å². The Morgan fingerprint density at radius 1 is 0.963 bits per heavy atom. The fourth-order valence-electron chi connectivity index (χ4n) is 3.50. The molecule has 2 aromatic carbocycles. The predicted octanol–water partition coefficient (Wildman–Crippen LogP) is 5.25. The van der Waals surface area contributed by atoms with E-state index in [0.29, 0.717) is 5.89 Å². The standard InChI is InChI=1S/C23H26N2O2/c1-3-11-21(26-18-8-7-17-25-15-5-6-16-25)19(9-1)13-14-23-24-20-10-2-4-12-22(20)27-23/h1-4,9-14H,5-8,15-18H2/b14-13+. The molecule has 4 nitrogen and oxygen atoms in total. The lowest BCUT2D eigenvalue weighted by Gasteiger charge is -2.14. The average Bonchev–Trinajstić information content (AvgIpc) is 3.36. The van der Waals surface area contributed by atoms with Crippen LogP contribution in [0.4, 0.5) is 0 Å². The van der Waals surface area contributed by atoms with Crippen LogP contribution in [0.2, 0.25) is 0 Å². The van der Waals surface area contributed by atoms with E-state index in [-0.39, 0.29) is 0 Å². The van der Waals surface area contributed by atoms with Gasteiger partial charge in [0.15, 0.2) is 5.58 Å². The molecule has 0 radical (unpaired) electrons. The van der Waals surface area contributed by atoms with Crippen LogP contribution < -0.4 is 4.74 Å². The number of unbranched alkanes of at least 4 members (excludes halogenated alkanes) is 1. The molecular weight excluding hydrogens is 336 g/mol. The number of benzene rings is 2. The van der Waals surface area contributed by atoms with Crippen molar-refractivity contribution in [1.82, 2.24) is 9.88 Å². The van der Waals surface area contributed by atoms with Crippen LogP contribution in [0.25, 0.3) is 23.3 Å². The molecule has 0 amide bonds. The molecular formula is C23H26N2O2. The second-order valence-electron chi connectivity index (χ2n) is 7.00. The molecule has 0 aliphatic carbocycles. The highest BCUT2D eigenvalue weighted by molar-refractivity contribution is 5.76. The molecule has 1 aromatic heterocycles. The number of nitrogens with zero attached hydrogens (tertiary/aromatic N) is 2. The van der Waals surface area contributed by atoms with Crippen molar-refractivity contribution in [3.05, 3.63) is 60.0 Å². The van der Waals surface area contributed by atoms with Crippen molar-refractivity contribution in [3.8, 4) is 5.75 Å². The van der Waals surface area contributed by atoms with E-state index >= 15 is 0 Å². The summed E-state index contributed by atoms with van der Waals surface area (Å²) in [5, 5.41) is 0. The van der Waals surface area contributed by atoms with Crippen molar-refractivity contribution < 1.29 is 9.15 Å². The average molecular weight is 362 g/mol. The van der Waals surface area contributed by atoms with Crippen LogP contribution in [0, 0.1) is 0 Å². The Balaban J connectivity index is 1.33. The van der Waals surface area contributed by atoms with Crippen LogP contribution in [0.15, 0.2) is 52.9 Å². The summed E-state index contributed by atoms with van der Waals surface area (Å²) in [4.78, 5) is 7.04. The Morgan fingerprint density at radius 3 is 2.67 bits per heavy atom. The van der Waals surface area contributed by atoms with Gasteiger partial charge in [-0.3, -0.25) is 0 Å². The fourth-order valence-corrected chi connectivity index (χ4v) is 3.50. The van der Waals surface area contributed by atoms with Crippen molar-refractivity contribution >= 4 is 23.3 Å². The van der Waals surface area contributed by atoms with Gasteiger partial charge in [-0.2, -0.15) is 0 Å². The highest BCUT2D eigenvalue weighted by Crippen LogP contribution is 2.22. The molecule has 4 heteroatoms. The normalized spacial score (nSPS) is 15.1. The summed E-state index contributed by atoms with van der Waals surface area (Å²) in [6, 6.07) is 15.9. The van der Waals surface area contributed by atoms with Crippen LogP contribution in [0.5, 0.6) is 5.75 Å². The molecule has 1 saturated heterocycles. The maximum atomic E-state index is 6.03. The number of para-hydroxylation sites is 3. The first-order valence-electron chi connectivity index (χ1n) is 9.86. The first-order valence-corrected chi connectivity index (χ1v) is 9.86. The quantitative estimate of drug-likeness (QED) is 0.513. The minimum atomic E-state index is 0.608.